The fourth-order valence-corrected chi connectivity index (χ4v) is 4.08. The lowest BCUT2D eigenvalue weighted by Crippen LogP contribution is -2.25. The second-order valence-electron chi connectivity index (χ2n) is 6.24. The van der Waals surface area contributed by atoms with Gasteiger partial charge in [-0.25, -0.2) is 0 Å². The second kappa shape index (κ2) is 4.69. The fraction of sp³-hybridized carbons (Fsp3) is 0.438. The van der Waals surface area contributed by atoms with Crippen LogP contribution in [-0.4, -0.2) is 15.9 Å². The van der Waals surface area contributed by atoms with Gasteiger partial charge in [0, 0.05) is 35.6 Å². The van der Waals surface area contributed by atoms with Crippen LogP contribution in [0.1, 0.15) is 25.7 Å². The van der Waals surface area contributed by atoms with Crippen molar-refractivity contribution >= 4 is 22.1 Å². The highest BCUT2D eigenvalue weighted by Crippen LogP contribution is 2.46. The van der Waals surface area contributed by atoms with Gasteiger partial charge in [0.25, 0.3) is 5.69 Å². The maximum Gasteiger partial charge on any atom is 0.278 e. The minimum Gasteiger partial charge on any atom is -0.382 e. The predicted octanol–water partition coefficient (Wildman–Crippen LogP) is 3.74. The van der Waals surface area contributed by atoms with E-state index in [1.54, 1.807) is 18.5 Å². The van der Waals surface area contributed by atoms with Crippen LogP contribution in [0.25, 0.3) is 10.8 Å². The summed E-state index contributed by atoms with van der Waals surface area (Å²) >= 11 is 0. The molecule has 21 heavy (non-hydrogen) atoms. The molecule has 108 valence electrons. The van der Waals surface area contributed by atoms with E-state index in [-0.39, 0.29) is 10.6 Å². The first-order valence-electron chi connectivity index (χ1n) is 7.50. The molecule has 4 rings (SSSR count). The topological polar surface area (TPSA) is 68.1 Å². The molecule has 2 fully saturated rings. The summed E-state index contributed by atoms with van der Waals surface area (Å²) in [7, 11) is 0. The zero-order valence-electron chi connectivity index (χ0n) is 11.7. The van der Waals surface area contributed by atoms with Crippen LogP contribution in [-0.2, 0) is 0 Å². The second-order valence-corrected chi connectivity index (χ2v) is 6.24. The Hall–Kier alpha value is -2.17. The third-order valence-electron chi connectivity index (χ3n) is 5.07. The van der Waals surface area contributed by atoms with Crippen molar-refractivity contribution in [2.75, 3.05) is 5.32 Å². The number of rotatable bonds is 3. The largest absolute Gasteiger partial charge is 0.382 e. The van der Waals surface area contributed by atoms with E-state index >= 15 is 0 Å². The van der Waals surface area contributed by atoms with Gasteiger partial charge < -0.3 is 5.32 Å². The molecule has 0 amide bonds. The molecule has 1 heterocycles. The van der Waals surface area contributed by atoms with E-state index in [0.717, 1.165) is 22.9 Å². The monoisotopic (exact) mass is 283 g/mol. The summed E-state index contributed by atoms with van der Waals surface area (Å²) in [6.07, 6.45) is 8.53. The molecule has 5 nitrogen and oxygen atoms in total. The Labute approximate surface area is 122 Å². The number of fused-ring (bicyclic) bond motifs is 3. The Morgan fingerprint density at radius 3 is 2.81 bits per heavy atom. The number of nitro benzene ring substituents is 1. The Morgan fingerprint density at radius 1 is 1.19 bits per heavy atom. The summed E-state index contributed by atoms with van der Waals surface area (Å²) in [6, 6.07) is 5.80. The quantitative estimate of drug-likeness (QED) is 0.688. The molecule has 2 aliphatic rings. The predicted molar refractivity (Wildman–Crippen MR) is 81.3 cm³/mol. The molecular weight excluding hydrogens is 266 g/mol. The molecule has 0 spiro atoms. The van der Waals surface area contributed by atoms with Crippen molar-refractivity contribution in [2.45, 2.75) is 31.7 Å². The standard InChI is InChI=1S/C16H17N3O2/c20-19(21)16-4-3-14(12-5-6-17-9-13(12)16)18-15-8-10-1-2-11(15)7-10/h3-6,9-11,15,18H,1-2,7-8H2. The van der Waals surface area contributed by atoms with Gasteiger partial charge in [-0.05, 0) is 43.2 Å². The van der Waals surface area contributed by atoms with Gasteiger partial charge in [-0.2, -0.15) is 0 Å². The highest BCUT2D eigenvalue weighted by Gasteiger charge is 2.39. The number of nitro groups is 1. The zero-order valence-corrected chi connectivity index (χ0v) is 11.7. The average Bonchev–Trinajstić information content (AvgIpc) is 3.10. The van der Waals surface area contributed by atoms with Crippen LogP contribution < -0.4 is 5.32 Å². The van der Waals surface area contributed by atoms with E-state index in [0.29, 0.717) is 11.4 Å². The summed E-state index contributed by atoms with van der Waals surface area (Å²) < 4.78 is 0. The number of non-ortho nitro benzene ring substituents is 1. The van der Waals surface area contributed by atoms with Gasteiger partial charge in [-0.15, -0.1) is 0 Å². The van der Waals surface area contributed by atoms with E-state index in [2.05, 4.69) is 10.3 Å². The summed E-state index contributed by atoms with van der Waals surface area (Å²) in [5.74, 6) is 1.64. The average molecular weight is 283 g/mol. The maximum atomic E-state index is 11.1. The first-order chi connectivity index (χ1) is 10.2. The number of nitrogens with zero attached hydrogens (tertiary/aromatic N) is 2. The number of anilines is 1. The number of aromatic nitrogens is 1. The number of nitrogens with one attached hydrogen (secondary N) is 1. The molecule has 0 saturated heterocycles. The van der Waals surface area contributed by atoms with Crippen LogP contribution in [0, 0.1) is 22.0 Å². The lowest BCUT2D eigenvalue weighted by Gasteiger charge is -2.24. The normalized spacial score (nSPS) is 27.1. The van der Waals surface area contributed by atoms with Crippen molar-refractivity contribution < 1.29 is 4.92 Å². The van der Waals surface area contributed by atoms with Crippen LogP contribution in [0.2, 0.25) is 0 Å². The molecule has 2 aliphatic carbocycles. The van der Waals surface area contributed by atoms with Crippen molar-refractivity contribution in [3.05, 3.63) is 40.7 Å². The first-order valence-corrected chi connectivity index (χ1v) is 7.50. The third-order valence-corrected chi connectivity index (χ3v) is 5.07. The molecular formula is C16H17N3O2. The Kier molecular flexibility index (Phi) is 2.80. The fourth-order valence-electron chi connectivity index (χ4n) is 4.08. The summed E-state index contributed by atoms with van der Waals surface area (Å²) in [5.41, 5.74) is 1.12. The van der Waals surface area contributed by atoms with Crippen molar-refractivity contribution in [3.63, 3.8) is 0 Å². The Balaban J connectivity index is 1.72. The molecule has 2 aromatic rings. The Bertz CT molecular complexity index is 716. The third kappa shape index (κ3) is 2.04. The van der Waals surface area contributed by atoms with Crippen molar-refractivity contribution in [1.29, 1.82) is 0 Å². The van der Waals surface area contributed by atoms with Gasteiger partial charge in [-0.3, -0.25) is 15.1 Å². The molecule has 2 saturated carbocycles. The molecule has 3 unspecified atom stereocenters. The van der Waals surface area contributed by atoms with Crippen LogP contribution in [0.15, 0.2) is 30.6 Å². The minimum absolute atomic E-state index is 0.122. The lowest BCUT2D eigenvalue weighted by atomic mass is 9.95. The Morgan fingerprint density at radius 2 is 2.10 bits per heavy atom. The van der Waals surface area contributed by atoms with E-state index in [1.165, 1.54) is 25.7 Å². The zero-order chi connectivity index (χ0) is 14.4. The molecule has 1 aromatic carbocycles. The molecule has 5 heteroatoms. The summed E-state index contributed by atoms with van der Waals surface area (Å²) in [6.45, 7) is 0. The van der Waals surface area contributed by atoms with Gasteiger partial charge >= 0.3 is 0 Å². The first kappa shape index (κ1) is 12.6. The van der Waals surface area contributed by atoms with Crippen molar-refractivity contribution in [2.24, 2.45) is 11.8 Å². The number of pyridine rings is 1. The van der Waals surface area contributed by atoms with Gasteiger partial charge in [-0.1, -0.05) is 6.42 Å². The van der Waals surface area contributed by atoms with Crippen LogP contribution in [0.4, 0.5) is 11.4 Å². The number of hydrogen-bond donors (Lipinski definition) is 1. The van der Waals surface area contributed by atoms with Crippen molar-refractivity contribution in [3.8, 4) is 0 Å². The van der Waals surface area contributed by atoms with Gasteiger partial charge in [0.15, 0.2) is 0 Å². The molecule has 0 aliphatic heterocycles. The van der Waals surface area contributed by atoms with Crippen LogP contribution in [0.3, 0.4) is 0 Å². The maximum absolute atomic E-state index is 11.1. The highest BCUT2D eigenvalue weighted by atomic mass is 16.6. The molecule has 1 N–H and O–H groups in total. The molecule has 3 atom stereocenters. The molecule has 2 bridgehead atoms. The SMILES string of the molecule is O=[N+]([O-])c1ccc(NC2CC3CCC2C3)c2ccncc12. The van der Waals surface area contributed by atoms with Gasteiger partial charge in [0.1, 0.15) is 0 Å². The van der Waals surface area contributed by atoms with E-state index in [9.17, 15) is 10.1 Å². The molecule has 1 aromatic heterocycles. The van der Waals surface area contributed by atoms with E-state index in [1.807, 2.05) is 12.1 Å². The van der Waals surface area contributed by atoms with Crippen molar-refractivity contribution in [1.82, 2.24) is 4.98 Å². The van der Waals surface area contributed by atoms with Crippen LogP contribution in [0.5, 0.6) is 0 Å². The summed E-state index contributed by atoms with van der Waals surface area (Å²) in [4.78, 5) is 14.8. The van der Waals surface area contributed by atoms with Gasteiger partial charge in [0.05, 0.1) is 10.3 Å². The smallest absolute Gasteiger partial charge is 0.278 e. The van der Waals surface area contributed by atoms with E-state index < -0.39 is 0 Å². The van der Waals surface area contributed by atoms with E-state index in [4.69, 9.17) is 0 Å². The highest BCUT2D eigenvalue weighted by molar-refractivity contribution is 5.99. The van der Waals surface area contributed by atoms with Crippen LogP contribution >= 0.6 is 0 Å². The summed E-state index contributed by atoms with van der Waals surface area (Å²) in [5, 5.41) is 16.3. The number of hydrogen-bond acceptors (Lipinski definition) is 4. The van der Waals surface area contributed by atoms with Gasteiger partial charge in [0.2, 0.25) is 0 Å². The minimum atomic E-state index is -0.342. The lowest BCUT2D eigenvalue weighted by molar-refractivity contribution is -0.383. The molecule has 0 radical (unpaired) electrons. The number of benzene rings is 1.